The zero-order valence-electron chi connectivity index (χ0n) is 10.1. The third kappa shape index (κ3) is 108. The summed E-state index contributed by atoms with van der Waals surface area (Å²) in [6.45, 7) is 5.14. The molecule has 0 aliphatic heterocycles. The average Bonchev–Trinajstić information content (AvgIpc) is 2.17. The normalized spacial score (nSPS) is 9.69. The lowest BCUT2D eigenvalue weighted by atomic mass is 9.91. The van der Waals surface area contributed by atoms with E-state index in [1.165, 1.54) is 0 Å². The molecule has 0 spiro atoms. The minimum absolute atomic E-state index is 0.140. The first-order valence-corrected chi connectivity index (χ1v) is 3.62. The van der Waals surface area contributed by atoms with E-state index in [1.807, 2.05) is 0 Å². The van der Waals surface area contributed by atoms with Crippen molar-refractivity contribution in [2.75, 3.05) is 0 Å². The molecule has 4 heteroatoms. The van der Waals surface area contributed by atoms with E-state index in [0.717, 1.165) is 25.0 Å². The van der Waals surface area contributed by atoms with Gasteiger partial charge in [-0.05, 0) is 11.8 Å². The summed E-state index contributed by atoms with van der Waals surface area (Å²) >= 11 is 0. The first-order chi connectivity index (χ1) is 6.95. The Hall–Kier alpha value is -1.24. The Morgan fingerprint density at radius 2 is 1.69 bits per heavy atom. The third-order valence-corrected chi connectivity index (χ3v) is 0.854. The summed E-state index contributed by atoms with van der Waals surface area (Å²) in [5.41, 5.74) is 0.140. The van der Waals surface area contributed by atoms with Gasteiger partial charge in [-0.3, -0.25) is 0 Å². The van der Waals surface area contributed by atoms with Gasteiger partial charge in [0.25, 0.3) is 0 Å². The highest BCUT2D eigenvalue weighted by atomic mass is 16.1. The van der Waals surface area contributed by atoms with Gasteiger partial charge in [0.2, 0.25) is 12.2 Å². The summed E-state index contributed by atoms with van der Waals surface area (Å²) in [7, 11) is 0. The van der Waals surface area contributed by atoms with Crippen LogP contribution >= 0.6 is 0 Å². The SMILES string of the molecule is N=C=O.N=C=O.[2H]CCCC(C)(C)C[2H]. The monoisotopic (exact) mass is 188 g/mol. The molecule has 0 aromatic rings. The van der Waals surface area contributed by atoms with Crippen molar-refractivity contribution in [1.29, 1.82) is 10.8 Å². The Balaban J connectivity index is -0.000000200. The van der Waals surface area contributed by atoms with Gasteiger partial charge in [-0.15, -0.1) is 0 Å². The van der Waals surface area contributed by atoms with Gasteiger partial charge in [-0.2, -0.15) is 0 Å². The van der Waals surface area contributed by atoms with Crippen molar-refractivity contribution >= 4 is 12.2 Å². The minimum Gasteiger partial charge on any atom is -0.222 e. The highest BCUT2D eigenvalue weighted by Gasteiger charge is 2.06. The van der Waals surface area contributed by atoms with E-state index in [1.54, 1.807) is 0 Å². The maximum Gasteiger partial charge on any atom is 0.231 e. The fourth-order valence-electron chi connectivity index (χ4n) is 0.479. The molecular formula is C9H18N2O2. The second-order valence-corrected chi connectivity index (χ2v) is 2.97. The molecule has 4 nitrogen and oxygen atoms in total. The minimum atomic E-state index is 0.140. The maximum absolute atomic E-state index is 8.35. The molecule has 0 fully saturated rings. The van der Waals surface area contributed by atoms with Crippen LogP contribution < -0.4 is 0 Å². The summed E-state index contributed by atoms with van der Waals surface area (Å²) in [6.07, 6.45) is 3.45. The van der Waals surface area contributed by atoms with Crippen molar-refractivity contribution < 1.29 is 12.3 Å². The van der Waals surface area contributed by atoms with Gasteiger partial charge in [0, 0.05) is 2.74 Å². The predicted octanol–water partition coefficient (Wildman–Crippen LogP) is 2.63. The van der Waals surface area contributed by atoms with Crippen LogP contribution in [0, 0.1) is 16.2 Å². The summed E-state index contributed by atoms with van der Waals surface area (Å²) in [5, 5.41) is 10.8. The number of nitrogens with one attached hydrogen (secondary N) is 2. The van der Waals surface area contributed by atoms with Gasteiger partial charge in [-0.1, -0.05) is 34.1 Å². The van der Waals surface area contributed by atoms with Crippen molar-refractivity contribution in [3.05, 3.63) is 0 Å². The summed E-state index contributed by atoms with van der Waals surface area (Å²) in [5.74, 6) is 0. The quantitative estimate of drug-likeness (QED) is 0.490. The zero-order chi connectivity index (χ0) is 12.7. The molecule has 0 saturated carbocycles. The largest absolute Gasteiger partial charge is 0.231 e. The van der Waals surface area contributed by atoms with E-state index in [9.17, 15) is 0 Å². The number of hydrogen-bond acceptors (Lipinski definition) is 4. The second-order valence-electron chi connectivity index (χ2n) is 2.97. The molecule has 0 amide bonds. The molecular weight excluding hydrogens is 168 g/mol. The first-order valence-electron chi connectivity index (χ1n) is 5.03. The molecule has 76 valence electrons. The lowest BCUT2D eigenvalue weighted by molar-refractivity contribution is 0.373. The third-order valence-electron chi connectivity index (χ3n) is 0.854. The lowest BCUT2D eigenvalue weighted by Crippen LogP contribution is -2.02. The Labute approximate surface area is 82.2 Å². The Bertz CT molecular complexity index is 184. The van der Waals surface area contributed by atoms with E-state index in [0.29, 0.717) is 13.8 Å². The number of carbonyl (C=O) groups excluding carboxylic acids is 2. The highest BCUT2D eigenvalue weighted by molar-refractivity contribution is 5.26. The first kappa shape index (κ1) is 11.8. The van der Waals surface area contributed by atoms with Gasteiger partial charge in [0.1, 0.15) is 0 Å². The smallest absolute Gasteiger partial charge is 0.222 e. The van der Waals surface area contributed by atoms with Gasteiger partial charge in [0.05, 0.1) is 0 Å². The molecule has 0 rings (SSSR count). The molecule has 0 bridgehead atoms. The standard InChI is InChI=1S/C7H16.2CHNO/c1-5-6-7(2,3)4;2*2-1-3/h5-6H2,1-4H3;2*2H/i1D,2D;;. The number of isocyanates is 2. The second kappa shape index (κ2) is 13.4. The Morgan fingerprint density at radius 1 is 1.31 bits per heavy atom. The van der Waals surface area contributed by atoms with Crippen molar-refractivity contribution in [2.24, 2.45) is 5.41 Å². The highest BCUT2D eigenvalue weighted by Crippen LogP contribution is 2.19. The van der Waals surface area contributed by atoms with Crippen LogP contribution in [0.1, 0.15) is 43.2 Å². The predicted molar refractivity (Wildman–Crippen MR) is 51.2 cm³/mol. The molecule has 0 aromatic carbocycles. The van der Waals surface area contributed by atoms with Crippen LogP contribution in [0.3, 0.4) is 0 Å². The fourth-order valence-corrected chi connectivity index (χ4v) is 0.479. The van der Waals surface area contributed by atoms with Crippen LogP contribution in [0.25, 0.3) is 0 Å². The van der Waals surface area contributed by atoms with Crippen LogP contribution in [0.4, 0.5) is 0 Å². The van der Waals surface area contributed by atoms with Gasteiger partial charge in [-0.25, -0.2) is 20.4 Å². The molecule has 0 radical (unpaired) electrons. The van der Waals surface area contributed by atoms with Crippen LogP contribution in [0.15, 0.2) is 0 Å². The topological polar surface area (TPSA) is 81.8 Å². The molecule has 0 unspecified atom stereocenters. The summed E-state index contributed by atoms with van der Waals surface area (Å²) < 4.78 is 14.0. The maximum atomic E-state index is 8.35. The molecule has 0 aromatic heterocycles. The van der Waals surface area contributed by atoms with Crippen LogP contribution in [0.2, 0.25) is 0 Å². The molecule has 2 N–H and O–H groups in total. The summed E-state index contributed by atoms with van der Waals surface area (Å²) in [6, 6.07) is 0. The number of rotatable bonds is 1. The molecule has 0 heterocycles. The van der Waals surface area contributed by atoms with Crippen molar-refractivity contribution in [1.82, 2.24) is 0 Å². The average molecular weight is 188 g/mol. The number of hydrogen-bond donors (Lipinski definition) is 2. The van der Waals surface area contributed by atoms with Crippen molar-refractivity contribution in [3.63, 3.8) is 0 Å². The van der Waals surface area contributed by atoms with E-state index < -0.39 is 0 Å². The van der Waals surface area contributed by atoms with Gasteiger partial charge < -0.3 is 0 Å². The Morgan fingerprint density at radius 3 is 1.92 bits per heavy atom. The van der Waals surface area contributed by atoms with Crippen LogP contribution in [-0.4, -0.2) is 12.2 Å². The Kier molecular flexibility index (Phi) is 12.1. The van der Waals surface area contributed by atoms with E-state index in [-0.39, 0.29) is 5.41 Å². The van der Waals surface area contributed by atoms with Crippen LogP contribution in [0.5, 0.6) is 0 Å². The van der Waals surface area contributed by atoms with Gasteiger partial charge in [0.15, 0.2) is 0 Å². The fraction of sp³-hybridized carbons (Fsp3) is 0.778. The van der Waals surface area contributed by atoms with Crippen molar-refractivity contribution in [3.8, 4) is 0 Å². The van der Waals surface area contributed by atoms with Gasteiger partial charge >= 0.3 is 0 Å². The molecule has 13 heavy (non-hydrogen) atoms. The van der Waals surface area contributed by atoms with E-state index in [2.05, 4.69) is 13.8 Å². The molecule has 0 aliphatic carbocycles. The zero-order valence-corrected chi connectivity index (χ0v) is 8.14. The lowest BCUT2D eigenvalue weighted by Gasteiger charge is -2.15. The summed E-state index contributed by atoms with van der Waals surface area (Å²) in [4.78, 5) is 16.7. The van der Waals surface area contributed by atoms with E-state index >= 15 is 0 Å². The van der Waals surface area contributed by atoms with E-state index in [4.69, 9.17) is 23.1 Å². The van der Waals surface area contributed by atoms with Crippen molar-refractivity contribution in [2.45, 2.75) is 40.5 Å². The molecule has 0 aliphatic rings. The molecule has 0 atom stereocenters. The van der Waals surface area contributed by atoms with Crippen LogP contribution in [-0.2, 0) is 9.59 Å². The molecule has 0 saturated heterocycles.